The van der Waals surface area contributed by atoms with E-state index in [0.29, 0.717) is 41.3 Å². The van der Waals surface area contributed by atoms with E-state index < -0.39 is 4.92 Å². The van der Waals surface area contributed by atoms with E-state index in [1.54, 1.807) is 23.8 Å². The van der Waals surface area contributed by atoms with Crippen molar-refractivity contribution in [3.63, 3.8) is 0 Å². The molecule has 0 spiro atoms. The van der Waals surface area contributed by atoms with E-state index in [2.05, 4.69) is 23.7 Å². The number of methoxy groups -OCH3 is 1. The summed E-state index contributed by atoms with van der Waals surface area (Å²) in [4.78, 5) is 37.1. The molecule has 3 aromatic heterocycles. The van der Waals surface area contributed by atoms with E-state index in [1.165, 1.54) is 23.5 Å². The van der Waals surface area contributed by atoms with Crippen LogP contribution in [0.1, 0.15) is 25.1 Å². The lowest BCUT2D eigenvalue weighted by Gasteiger charge is -2.20. The van der Waals surface area contributed by atoms with Crippen LogP contribution in [0.5, 0.6) is 0 Å². The average Bonchev–Trinajstić information content (AvgIpc) is 3.19. The van der Waals surface area contributed by atoms with Gasteiger partial charge < -0.3 is 9.64 Å². The molecule has 0 unspecified atom stereocenters. The third kappa shape index (κ3) is 4.44. The van der Waals surface area contributed by atoms with Gasteiger partial charge in [-0.1, -0.05) is 13.8 Å². The second-order valence-corrected chi connectivity index (χ2v) is 9.04. The number of thiophene rings is 1. The van der Waals surface area contributed by atoms with Gasteiger partial charge in [-0.15, -0.1) is 11.3 Å². The molecule has 4 rings (SSSR count). The van der Waals surface area contributed by atoms with Gasteiger partial charge in [0.05, 0.1) is 17.0 Å². The molecule has 10 heteroatoms. The lowest BCUT2D eigenvalue weighted by molar-refractivity contribution is -0.384. The molecule has 3 heterocycles. The van der Waals surface area contributed by atoms with E-state index >= 15 is 0 Å². The summed E-state index contributed by atoms with van der Waals surface area (Å²) < 4.78 is 7.63. The summed E-state index contributed by atoms with van der Waals surface area (Å²) in [5, 5.41) is 12.0. The van der Waals surface area contributed by atoms with Gasteiger partial charge in [-0.2, -0.15) is 0 Å². The number of aryl methyl sites for hydroxylation is 1. The number of fused-ring (bicyclic) bond motifs is 3. The molecule has 4 aromatic rings. The van der Waals surface area contributed by atoms with E-state index in [-0.39, 0.29) is 11.2 Å². The number of aromatic nitrogens is 3. The molecule has 34 heavy (non-hydrogen) atoms. The van der Waals surface area contributed by atoms with Crippen molar-refractivity contribution in [1.82, 2.24) is 19.4 Å². The van der Waals surface area contributed by atoms with Crippen LogP contribution in [0.25, 0.3) is 31.8 Å². The molecule has 178 valence electrons. The topological polar surface area (TPSA) is 103 Å². The van der Waals surface area contributed by atoms with Crippen molar-refractivity contribution in [2.24, 2.45) is 0 Å². The molecule has 0 atom stereocenters. The number of hydrogen-bond acceptors (Lipinski definition) is 8. The number of likely N-dealkylation sites (N-methyl/N-ethyl adjacent to an activating group) is 1. The number of ether oxygens (including phenoxy) is 1. The van der Waals surface area contributed by atoms with Crippen LogP contribution in [0.4, 0.5) is 5.69 Å². The number of pyridine rings is 1. The molecule has 1 aromatic carbocycles. The molecule has 0 fully saturated rings. The lowest BCUT2D eigenvalue weighted by Crippen LogP contribution is -2.32. The first kappa shape index (κ1) is 23.9. The van der Waals surface area contributed by atoms with Gasteiger partial charge in [0.25, 0.3) is 11.2 Å². The van der Waals surface area contributed by atoms with Crippen molar-refractivity contribution < 1.29 is 9.66 Å². The molecule has 0 saturated heterocycles. The lowest BCUT2D eigenvalue weighted by atomic mass is 10.1. The Bertz CT molecular complexity index is 1410. The summed E-state index contributed by atoms with van der Waals surface area (Å²) in [6, 6.07) is 8.12. The van der Waals surface area contributed by atoms with Crippen molar-refractivity contribution in [1.29, 1.82) is 0 Å². The Balaban J connectivity index is 1.99. The fraction of sp³-hybridized carbons (Fsp3) is 0.375. The SMILES string of the molecule is CCN(CC)CCn1c(-c2ccc([N+](=O)[O-])cc2)nc2c(sc3nc(C)cc(COC)c32)c1=O. The smallest absolute Gasteiger partial charge is 0.271 e. The number of rotatable bonds is 9. The highest BCUT2D eigenvalue weighted by Crippen LogP contribution is 2.34. The Kier molecular flexibility index (Phi) is 7.01. The zero-order valence-corrected chi connectivity index (χ0v) is 20.5. The maximum Gasteiger partial charge on any atom is 0.271 e. The molecule has 0 aliphatic heterocycles. The first-order valence-electron chi connectivity index (χ1n) is 11.2. The predicted molar refractivity (Wildman–Crippen MR) is 135 cm³/mol. The summed E-state index contributed by atoms with van der Waals surface area (Å²) in [6.07, 6.45) is 0. The van der Waals surface area contributed by atoms with E-state index in [4.69, 9.17) is 9.72 Å². The molecular formula is C24H27N5O4S. The van der Waals surface area contributed by atoms with Crippen molar-refractivity contribution >= 4 is 37.5 Å². The van der Waals surface area contributed by atoms with Crippen LogP contribution >= 0.6 is 11.3 Å². The first-order valence-corrected chi connectivity index (χ1v) is 12.0. The van der Waals surface area contributed by atoms with Gasteiger partial charge in [-0.3, -0.25) is 19.5 Å². The normalized spacial score (nSPS) is 11.7. The van der Waals surface area contributed by atoms with Crippen LogP contribution in [-0.4, -0.2) is 51.1 Å². The summed E-state index contributed by atoms with van der Waals surface area (Å²) in [5.74, 6) is 0.489. The summed E-state index contributed by atoms with van der Waals surface area (Å²) in [5.41, 5.74) is 2.88. The zero-order chi connectivity index (χ0) is 24.4. The Hall–Kier alpha value is -3.21. The molecule has 0 aliphatic carbocycles. The molecular weight excluding hydrogens is 454 g/mol. The Morgan fingerprint density at radius 2 is 1.88 bits per heavy atom. The highest BCUT2D eigenvalue weighted by atomic mass is 32.1. The molecule has 9 nitrogen and oxygen atoms in total. The summed E-state index contributed by atoms with van der Waals surface area (Å²) in [6.45, 7) is 9.37. The quantitative estimate of drug-likeness (QED) is 0.258. The maximum absolute atomic E-state index is 13.8. The number of nitro groups is 1. The monoisotopic (exact) mass is 481 g/mol. The van der Waals surface area contributed by atoms with Crippen LogP contribution < -0.4 is 5.56 Å². The van der Waals surface area contributed by atoms with Gasteiger partial charge in [-0.05, 0) is 43.8 Å². The summed E-state index contributed by atoms with van der Waals surface area (Å²) >= 11 is 1.35. The minimum absolute atomic E-state index is 0.00935. The minimum Gasteiger partial charge on any atom is -0.380 e. The van der Waals surface area contributed by atoms with Crippen LogP contribution in [0, 0.1) is 17.0 Å². The highest BCUT2D eigenvalue weighted by Gasteiger charge is 2.21. The standard InChI is InChI=1S/C24H27N5O4S/c1-5-27(6-2)11-12-28-22(16-7-9-18(10-8-16)29(31)32)26-20-19-17(14-33-4)13-15(3)25-23(19)34-21(20)24(28)30/h7-10,13H,5-6,11-12,14H2,1-4H3. The average molecular weight is 482 g/mol. The van der Waals surface area contributed by atoms with Gasteiger partial charge in [0, 0.05) is 49.0 Å². The number of nitrogens with zero attached hydrogens (tertiary/aromatic N) is 5. The van der Waals surface area contributed by atoms with Gasteiger partial charge >= 0.3 is 0 Å². The second kappa shape index (κ2) is 9.96. The second-order valence-electron chi connectivity index (χ2n) is 8.04. The van der Waals surface area contributed by atoms with Crippen molar-refractivity contribution in [2.45, 2.75) is 33.9 Å². The van der Waals surface area contributed by atoms with Crippen molar-refractivity contribution in [3.05, 3.63) is 62.1 Å². The molecule has 0 saturated carbocycles. The Morgan fingerprint density at radius 1 is 1.18 bits per heavy atom. The van der Waals surface area contributed by atoms with Gasteiger partial charge in [0.1, 0.15) is 15.4 Å². The molecule has 0 radical (unpaired) electrons. The van der Waals surface area contributed by atoms with Crippen LogP contribution in [0.2, 0.25) is 0 Å². The molecule has 0 amide bonds. The molecule has 0 N–H and O–H groups in total. The number of non-ortho nitro benzene ring substituents is 1. The van der Waals surface area contributed by atoms with E-state index in [1.807, 2.05) is 13.0 Å². The van der Waals surface area contributed by atoms with Crippen LogP contribution in [0.15, 0.2) is 35.1 Å². The maximum atomic E-state index is 13.8. The predicted octanol–water partition coefficient (Wildman–Crippen LogP) is 4.38. The minimum atomic E-state index is -0.439. The largest absolute Gasteiger partial charge is 0.380 e. The Morgan fingerprint density at radius 3 is 2.50 bits per heavy atom. The highest BCUT2D eigenvalue weighted by molar-refractivity contribution is 7.25. The van der Waals surface area contributed by atoms with Crippen molar-refractivity contribution in [3.8, 4) is 11.4 Å². The molecule has 0 aliphatic rings. The third-order valence-electron chi connectivity index (χ3n) is 5.93. The zero-order valence-electron chi connectivity index (χ0n) is 19.7. The fourth-order valence-electron chi connectivity index (χ4n) is 4.14. The van der Waals surface area contributed by atoms with E-state index in [9.17, 15) is 14.9 Å². The van der Waals surface area contributed by atoms with Crippen molar-refractivity contribution in [2.75, 3.05) is 26.7 Å². The third-order valence-corrected chi connectivity index (χ3v) is 6.99. The van der Waals surface area contributed by atoms with Crippen LogP contribution in [0.3, 0.4) is 0 Å². The first-order chi connectivity index (χ1) is 16.4. The van der Waals surface area contributed by atoms with Crippen LogP contribution in [-0.2, 0) is 17.9 Å². The Labute approximate surface area is 200 Å². The fourth-order valence-corrected chi connectivity index (χ4v) is 5.30. The van der Waals surface area contributed by atoms with Gasteiger partial charge in [0.2, 0.25) is 0 Å². The number of hydrogen-bond donors (Lipinski definition) is 0. The van der Waals surface area contributed by atoms with Gasteiger partial charge in [-0.25, -0.2) is 9.97 Å². The number of benzene rings is 1. The number of nitro benzene ring substituents is 1. The summed E-state index contributed by atoms with van der Waals surface area (Å²) in [7, 11) is 1.63. The van der Waals surface area contributed by atoms with Gasteiger partial charge in [0.15, 0.2) is 0 Å². The van der Waals surface area contributed by atoms with E-state index in [0.717, 1.165) is 34.6 Å². The molecule has 0 bridgehead atoms.